The summed E-state index contributed by atoms with van der Waals surface area (Å²) in [6.07, 6.45) is 6.76. The van der Waals surface area contributed by atoms with Crippen molar-refractivity contribution in [3.8, 4) is 0 Å². The second-order valence-electron chi connectivity index (χ2n) is 3.83. The lowest BCUT2D eigenvalue weighted by Gasteiger charge is -2.30. The summed E-state index contributed by atoms with van der Waals surface area (Å²) < 4.78 is -0.447. The van der Waals surface area contributed by atoms with E-state index < -0.39 is 11.8 Å². The van der Waals surface area contributed by atoms with Crippen LogP contribution in [-0.2, 0) is 0 Å². The van der Waals surface area contributed by atoms with Gasteiger partial charge in [0, 0.05) is 24.8 Å². The number of thiocarbonyl (C=S) groups is 2. The number of rotatable bonds is 2. The summed E-state index contributed by atoms with van der Waals surface area (Å²) >= 11 is 17.8. The average molecular weight is 384 g/mol. The molecule has 0 radical (unpaired) electrons. The maximum absolute atomic E-state index is 12.6. The van der Waals surface area contributed by atoms with Crippen LogP contribution in [0.15, 0.2) is 31.0 Å². The van der Waals surface area contributed by atoms with Crippen molar-refractivity contribution in [3.05, 3.63) is 42.5 Å². The summed E-state index contributed by atoms with van der Waals surface area (Å²) in [5.74, 6) is -1.53. The van der Waals surface area contributed by atoms with Crippen LogP contribution >= 0.6 is 49.7 Å². The van der Waals surface area contributed by atoms with Crippen molar-refractivity contribution in [2.24, 2.45) is 0 Å². The number of aromatic nitrogens is 4. The number of H-pyrrole nitrogens is 1. The molecule has 8 nitrogen and oxygen atoms in total. The van der Waals surface area contributed by atoms with Crippen molar-refractivity contribution in [2.45, 2.75) is 0 Å². The number of hydrogen-bond acceptors (Lipinski definition) is 7. The summed E-state index contributed by atoms with van der Waals surface area (Å²) in [7, 11) is 0. The number of nitrogens with zero attached hydrogens (tertiary/aromatic N) is 5. The van der Waals surface area contributed by atoms with E-state index in [1.54, 1.807) is 0 Å². The van der Waals surface area contributed by atoms with Gasteiger partial charge in [0.25, 0.3) is 5.91 Å². The highest BCUT2D eigenvalue weighted by Gasteiger charge is 2.33. The predicted molar refractivity (Wildman–Crippen MR) is 96.1 cm³/mol. The van der Waals surface area contributed by atoms with Crippen molar-refractivity contribution in [2.75, 3.05) is 0 Å². The second-order valence-corrected chi connectivity index (χ2v) is 6.05. The quantitative estimate of drug-likeness (QED) is 0.406. The maximum Gasteiger partial charge on any atom is 0.314 e. The molecule has 0 unspecified atom stereocenters. The molecule has 0 aliphatic carbocycles. The second kappa shape index (κ2) is 7.59. The van der Waals surface area contributed by atoms with Gasteiger partial charge in [-0.15, -0.1) is 25.3 Å². The van der Waals surface area contributed by atoms with Crippen LogP contribution in [0, 0.1) is 0 Å². The monoisotopic (exact) mass is 384 g/mol. The van der Waals surface area contributed by atoms with E-state index in [1.165, 1.54) is 31.0 Å². The fourth-order valence-corrected chi connectivity index (χ4v) is 2.22. The van der Waals surface area contributed by atoms with Gasteiger partial charge in [-0.3, -0.25) is 14.6 Å². The third kappa shape index (κ3) is 3.90. The van der Waals surface area contributed by atoms with Gasteiger partial charge in [-0.05, 0) is 0 Å². The normalized spacial score (nSPS) is 10.0. The number of amides is 2. The average Bonchev–Trinajstić information content (AvgIpc) is 3.05. The third-order valence-electron chi connectivity index (χ3n) is 2.43. The number of thiol groups is 2. The molecule has 0 aliphatic rings. The number of hydrazine groups is 1. The first-order valence-electron chi connectivity index (χ1n) is 5.83. The minimum absolute atomic E-state index is 0.0503. The van der Waals surface area contributed by atoms with E-state index in [4.69, 9.17) is 24.4 Å². The molecule has 118 valence electrons. The van der Waals surface area contributed by atoms with E-state index in [0.29, 0.717) is 0 Å². The number of carbonyl (C=O) groups is 2. The summed E-state index contributed by atoms with van der Waals surface area (Å²) in [5, 5.41) is 1.53. The lowest BCUT2D eigenvalue weighted by Crippen LogP contribution is -2.52. The molecule has 12 heteroatoms. The van der Waals surface area contributed by atoms with Gasteiger partial charge in [0.05, 0.1) is 6.20 Å². The van der Waals surface area contributed by atoms with Crippen molar-refractivity contribution >= 4 is 70.1 Å². The Morgan fingerprint density at radius 1 is 1.00 bits per heavy atom. The molecular weight excluding hydrogens is 376 g/mol. The minimum Gasteiger partial charge on any atom is -0.340 e. The Kier molecular flexibility index (Phi) is 5.76. The highest BCUT2D eigenvalue weighted by Crippen LogP contribution is 2.14. The molecule has 2 heterocycles. The van der Waals surface area contributed by atoms with Crippen LogP contribution in [0.1, 0.15) is 21.1 Å². The number of nitrogens with one attached hydrogen (secondary N) is 1. The Labute approximate surface area is 152 Å². The molecular formula is C11H8N6O2S4. The molecule has 1 N–H and O–H groups in total. The van der Waals surface area contributed by atoms with E-state index in [0.717, 1.165) is 10.0 Å². The molecule has 0 aliphatic heterocycles. The van der Waals surface area contributed by atoms with E-state index in [1.807, 2.05) is 0 Å². The Hall–Kier alpha value is -1.89. The van der Waals surface area contributed by atoms with Crippen LogP contribution in [0.2, 0.25) is 0 Å². The smallest absolute Gasteiger partial charge is 0.314 e. The highest BCUT2D eigenvalue weighted by molar-refractivity contribution is 8.11. The van der Waals surface area contributed by atoms with Crippen LogP contribution in [0.25, 0.3) is 0 Å². The molecule has 0 bridgehead atoms. The van der Waals surface area contributed by atoms with Gasteiger partial charge in [0.15, 0.2) is 14.5 Å². The molecule has 0 atom stereocenters. The zero-order valence-corrected chi connectivity index (χ0v) is 14.6. The number of hydrogen-bond donors (Lipinski definition) is 3. The predicted octanol–water partition coefficient (Wildman–Crippen LogP) is 1.13. The molecule has 0 saturated carbocycles. The molecule has 23 heavy (non-hydrogen) atoms. The number of imidazole rings is 1. The Morgan fingerprint density at radius 2 is 1.65 bits per heavy atom. The van der Waals surface area contributed by atoms with Crippen LogP contribution < -0.4 is 0 Å². The molecule has 0 aromatic carbocycles. The van der Waals surface area contributed by atoms with E-state index in [-0.39, 0.29) is 20.2 Å². The van der Waals surface area contributed by atoms with Crippen molar-refractivity contribution < 1.29 is 9.59 Å². The van der Waals surface area contributed by atoms with Crippen LogP contribution in [0.3, 0.4) is 0 Å². The molecule has 2 rings (SSSR count). The number of aromatic amines is 1. The summed E-state index contributed by atoms with van der Waals surface area (Å²) in [4.78, 5) is 39.2. The fourth-order valence-electron chi connectivity index (χ4n) is 1.53. The molecule has 2 aromatic heterocycles. The van der Waals surface area contributed by atoms with Gasteiger partial charge >= 0.3 is 5.91 Å². The Balaban J connectivity index is 2.44. The van der Waals surface area contributed by atoms with Gasteiger partial charge in [-0.25, -0.2) is 9.97 Å². The largest absolute Gasteiger partial charge is 0.340 e. The number of carbonyl (C=O) groups excluding carboxylic acids is 2. The Bertz CT molecular complexity index is 751. The van der Waals surface area contributed by atoms with Gasteiger partial charge in [0.1, 0.15) is 5.69 Å². The van der Waals surface area contributed by atoms with Gasteiger partial charge in [0.2, 0.25) is 0 Å². The minimum atomic E-state index is -0.741. The highest BCUT2D eigenvalue weighted by atomic mass is 32.1. The van der Waals surface area contributed by atoms with Gasteiger partial charge < -0.3 is 4.98 Å². The van der Waals surface area contributed by atoms with Crippen LogP contribution in [-0.4, -0.2) is 50.4 Å². The van der Waals surface area contributed by atoms with Crippen LogP contribution in [0.4, 0.5) is 0 Å². The first-order chi connectivity index (χ1) is 10.9. The summed E-state index contributed by atoms with van der Waals surface area (Å²) in [6.45, 7) is 0. The standard InChI is InChI=1S/C11H8N6O2S4/c18-8(6-5-12-1-2-13-6)16(10(20)21)17(11(22)23)9(19)7-14-3-4-15-7/h1-5H,(H,14,15)(H,20,21)(H,22,23). The molecule has 0 spiro atoms. The Morgan fingerprint density at radius 3 is 2.13 bits per heavy atom. The van der Waals surface area contributed by atoms with Crippen LogP contribution in [0.5, 0.6) is 0 Å². The molecule has 0 saturated heterocycles. The van der Waals surface area contributed by atoms with Gasteiger partial charge in [-0.2, -0.15) is 10.0 Å². The van der Waals surface area contributed by atoms with Crippen molar-refractivity contribution in [1.82, 2.24) is 30.0 Å². The van der Waals surface area contributed by atoms with Crippen molar-refractivity contribution in [1.29, 1.82) is 0 Å². The summed E-state index contributed by atoms with van der Waals surface area (Å²) in [5.41, 5.74) is -0.0503. The third-order valence-corrected chi connectivity index (χ3v) is 3.15. The molecule has 2 amide bonds. The summed E-state index contributed by atoms with van der Waals surface area (Å²) in [6, 6.07) is 0. The SMILES string of the molecule is O=C(c1cnccn1)N(C(=S)S)N(C(=O)c1ncc[nH]1)C(=S)S. The zero-order chi connectivity index (χ0) is 17.0. The first-order valence-corrected chi connectivity index (χ1v) is 7.54. The first kappa shape index (κ1) is 17.5. The zero-order valence-electron chi connectivity index (χ0n) is 11.2. The van der Waals surface area contributed by atoms with Crippen molar-refractivity contribution in [3.63, 3.8) is 0 Å². The van der Waals surface area contributed by atoms with Gasteiger partial charge in [-0.1, -0.05) is 24.4 Å². The lowest BCUT2D eigenvalue weighted by atomic mass is 10.4. The lowest BCUT2D eigenvalue weighted by molar-refractivity contribution is 0.0480. The molecule has 2 aromatic rings. The van der Waals surface area contributed by atoms with E-state index in [9.17, 15) is 9.59 Å². The van der Waals surface area contributed by atoms with E-state index >= 15 is 0 Å². The van der Waals surface area contributed by atoms with E-state index in [2.05, 4.69) is 45.2 Å². The topological polar surface area (TPSA) is 95.1 Å². The molecule has 0 fully saturated rings. The fraction of sp³-hybridized carbons (Fsp3) is 0. The maximum atomic E-state index is 12.6.